The molecule has 0 spiro atoms. The van der Waals surface area contributed by atoms with Gasteiger partial charge in [-0.25, -0.2) is 0 Å². The summed E-state index contributed by atoms with van der Waals surface area (Å²) in [5.41, 5.74) is 2.93. The molecule has 23 heavy (non-hydrogen) atoms. The molecule has 0 aliphatic carbocycles. The molecule has 1 saturated heterocycles. The molecule has 2 aromatic carbocycles. The highest BCUT2D eigenvalue weighted by atomic mass is 79.9. The minimum Gasteiger partial charge on any atom is -0.496 e. The number of benzene rings is 2. The molecule has 0 bridgehead atoms. The summed E-state index contributed by atoms with van der Waals surface area (Å²) >= 11 is 3.64. The van der Waals surface area contributed by atoms with Crippen molar-refractivity contribution in [3.05, 3.63) is 57.6 Å². The van der Waals surface area contributed by atoms with Crippen LogP contribution in [0.4, 0.5) is 0 Å². The average molecular weight is 379 g/mol. The maximum atomic E-state index is 6.06. The van der Waals surface area contributed by atoms with Crippen molar-refractivity contribution in [3.63, 3.8) is 0 Å². The van der Waals surface area contributed by atoms with Gasteiger partial charge in [0.2, 0.25) is 0 Å². The van der Waals surface area contributed by atoms with Gasteiger partial charge in [-0.15, -0.1) is 0 Å². The monoisotopic (exact) mass is 378 g/mol. The van der Waals surface area contributed by atoms with Crippen molar-refractivity contribution in [2.45, 2.75) is 19.8 Å². The molecule has 5 heteroatoms. The Hall–Kier alpha value is -1.56. The zero-order valence-corrected chi connectivity index (χ0v) is 14.8. The van der Waals surface area contributed by atoms with E-state index in [0.717, 1.165) is 32.7 Å². The average Bonchev–Trinajstić information content (AvgIpc) is 3.10. The first kappa shape index (κ1) is 16.3. The van der Waals surface area contributed by atoms with Crippen LogP contribution in [0.15, 0.2) is 40.9 Å². The highest BCUT2D eigenvalue weighted by molar-refractivity contribution is 9.10. The van der Waals surface area contributed by atoms with Crippen molar-refractivity contribution in [2.75, 3.05) is 20.3 Å². The molecule has 1 fully saturated rings. The topological polar surface area (TPSA) is 36.9 Å². The van der Waals surface area contributed by atoms with Crippen LogP contribution in [0, 0.1) is 6.92 Å². The minimum absolute atomic E-state index is 0.391. The fourth-order valence-corrected chi connectivity index (χ4v) is 3.26. The van der Waals surface area contributed by atoms with Gasteiger partial charge in [-0.3, -0.25) is 0 Å². The third-order valence-corrected chi connectivity index (χ3v) is 4.59. The van der Waals surface area contributed by atoms with Crippen molar-refractivity contribution in [1.82, 2.24) is 0 Å². The van der Waals surface area contributed by atoms with Gasteiger partial charge in [0.25, 0.3) is 0 Å². The van der Waals surface area contributed by atoms with E-state index in [4.69, 9.17) is 18.9 Å². The molecule has 122 valence electrons. The zero-order valence-electron chi connectivity index (χ0n) is 13.2. The maximum absolute atomic E-state index is 6.06. The van der Waals surface area contributed by atoms with E-state index in [9.17, 15) is 0 Å². The lowest BCUT2D eigenvalue weighted by molar-refractivity contribution is -0.0449. The van der Waals surface area contributed by atoms with E-state index in [2.05, 4.69) is 15.9 Å². The molecular formula is C18H19BrO4. The second-order valence-electron chi connectivity index (χ2n) is 5.28. The van der Waals surface area contributed by atoms with Gasteiger partial charge in [0, 0.05) is 11.1 Å². The first-order valence-electron chi connectivity index (χ1n) is 7.47. The van der Waals surface area contributed by atoms with E-state index >= 15 is 0 Å². The van der Waals surface area contributed by atoms with E-state index in [-0.39, 0.29) is 0 Å². The summed E-state index contributed by atoms with van der Waals surface area (Å²) in [5.74, 6) is 1.51. The van der Waals surface area contributed by atoms with Crippen molar-refractivity contribution in [1.29, 1.82) is 0 Å². The zero-order chi connectivity index (χ0) is 16.2. The molecule has 3 rings (SSSR count). The molecule has 0 radical (unpaired) electrons. The number of hydrogen-bond donors (Lipinski definition) is 0. The van der Waals surface area contributed by atoms with Gasteiger partial charge < -0.3 is 18.9 Å². The number of rotatable bonds is 5. The van der Waals surface area contributed by atoms with Crippen LogP contribution in [-0.2, 0) is 16.1 Å². The Morgan fingerprint density at radius 1 is 1.17 bits per heavy atom. The molecule has 2 aromatic rings. The molecular weight excluding hydrogens is 360 g/mol. The van der Waals surface area contributed by atoms with Crippen LogP contribution in [0.5, 0.6) is 11.5 Å². The largest absolute Gasteiger partial charge is 0.496 e. The number of ether oxygens (including phenoxy) is 4. The Morgan fingerprint density at radius 3 is 2.52 bits per heavy atom. The van der Waals surface area contributed by atoms with Crippen LogP contribution in [0.2, 0.25) is 0 Å². The quantitative estimate of drug-likeness (QED) is 0.772. The summed E-state index contributed by atoms with van der Waals surface area (Å²) in [6.07, 6.45) is -0.391. The van der Waals surface area contributed by atoms with E-state index in [1.54, 1.807) is 7.11 Å². The second-order valence-corrected chi connectivity index (χ2v) is 6.08. The smallest absolute Gasteiger partial charge is 0.185 e. The van der Waals surface area contributed by atoms with Gasteiger partial charge in [-0.1, -0.05) is 30.3 Å². The Kier molecular flexibility index (Phi) is 5.20. The van der Waals surface area contributed by atoms with Crippen LogP contribution in [0.3, 0.4) is 0 Å². The van der Waals surface area contributed by atoms with Crippen LogP contribution in [0.1, 0.15) is 23.0 Å². The Labute approximate surface area is 144 Å². The van der Waals surface area contributed by atoms with E-state index in [1.807, 2.05) is 43.3 Å². The van der Waals surface area contributed by atoms with E-state index < -0.39 is 6.29 Å². The summed E-state index contributed by atoms with van der Waals surface area (Å²) in [6.45, 7) is 3.64. The lowest BCUT2D eigenvalue weighted by Crippen LogP contribution is -2.05. The predicted molar refractivity (Wildman–Crippen MR) is 90.9 cm³/mol. The Morgan fingerprint density at radius 2 is 1.87 bits per heavy atom. The summed E-state index contributed by atoms with van der Waals surface area (Å²) in [5, 5.41) is 0. The number of halogens is 1. The van der Waals surface area contributed by atoms with Crippen molar-refractivity contribution in [3.8, 4) is 11.5 Å². The molecule has 1 aliphatic heterocycles. The first-order valence-corrected chi connectivity index (χ1v) is 8.27. The van der Waals surface area contributed by atoms with Crippen molar-refractivity contribution >= 4 is 15.9 Å². The highest BCUT2D eigenvalue weighted by Crippen LogP contribution is 2.42. The molecule has 0 unspecified atom stereocenters. The predicted octanol–water partition coefficient (Wildman–Crippen LogP) is 4.39. The molecule has 1 aliphatic rings. The van der Waals surface area contributed by atoms with E-state index in [0.29, 0.717) is 19.8 Å². The van der Waals surface area contributed by atoms with Gasteiger partial charge in [0.1, 0.15) is 18.1 Å². The summed E-state index contributed by atoms with van der Waals surface area (Å²) in [6, 6.07) is 12.0. The third kappa shape index (κ3) is 3.52. The molecule has 0 saturated carbocycles. The fourth-order valence-electron chi connectivity index (χ4n) is 2.54. The Balaban J connectivity index is 1.92. The highest BCUT2D eigenvalue weighted by Gasteiger charge is 2.25. The molecule has 0 N–H and O–H groups in total. The second kappa shape index (κ2) is 7.34. The summed E-state index contributed by atoms with van der Waals surface area (Å²) in [7, 11) is 1.65. The maximum Gasteiger partial charge on any atom is 0.185 e. The van der Waals surface area contributed by atoms with Crippen LogP contribution >= 0.6 is 15.9 Å². The normalized spacial score (nSPS) is 14.9. The fraction of sp³-hybridized carbons (Fsp3) is 0.333. The van der Waals surface area contributed by atoms with Gasteiger partial charge in [0.15, 0.2) is 6.29 Å². The number of hydrogen-bond acceptors (Lipinski definition) is 4. The van der Waals surface area contributed by atoms with Gasteiger partial charge in [0.05, 0.1) is 24.8 Å². The van der Waals surface area contributed by atoms with Crippen molar-refractivity contribution < 1.29 is 18.9 Å². The molecule has 0 atom stereocenters. The third-order valence-electron chi connectivity index (χ3n) is 3.77. The minimum atomic E-state index is -0.391. The van der Waals surface area contributed by atoms with Crippen LogP contribution in [0.25, 0.3) is 0 Å². The molecule has 1 heterocycles. The molecule has 0 aromatic heterocycles. The summed E-state index contributed by atoms with van der Waals surface area (Å²) in [4.78, 5) is 0. The van der Waals surface area contributed by atoms with E-state index in [1.165, 1.54) is 0 Å². The van der Waals surface area contributed by atoms with Gasteiger partial charge in [-0.05, 0) is 34.5 Å². The van der Waals surface area contributed by atoms with Crippen LogP contribution < -0.4 is 9.47 Å². The van der Waals surface area contributed by atoms with Gasteiger partial charge >= 0.3 is 0 Å². The molecule has 4 nitrogen and oxygen atoms in total. The van der Waals surface area contributed by atoms with Crippen molar-refractivity contribution in [2.24, 2.45) is 0 Å². The lowest BCUT2D eigenvalue weighted by Gasteiger charge is -2.19. The first-order chi connectivity index (χ1) is 11.2. The SMILES string of the molecule is COc1cc(C2OCCO2)c(Br)c(OCc2ccccc2)c1C. The number of methoxy groups -OCH3 is 1. The van der Waals surface area contributed by atoms with Crippen LogP contribution in [-0.4, -0.2) is 20.3 Å². The Bertz CT molecular complexity index is 666. The van der Waals surface area contributed by atoms with Gasteiger partial charge in [-0.2, -0.15) is 0 Å². The standard InChI is InChI=1S/C18H19BrO4/c1-12-15(20-2)10-14(18-21-8-9-22-18)16(19)17(12)23-11-13-6-4-3-5-7-13/h3-7,10,18H,8-9,11H2,1-2H3. The molecule has 0 amide bonds. The lowest BCUT2D eigenvalue weighted by atomic mass is 10.1. The summed E-state index contributed by atoms with van der Waals surface area (Å²) < 4.78 is 23.6.